The van der Waals surface area contributed by atoms with E-state index in [9.17, 15) is 0 Å². The Morgan fingerprint density at radius 1 is 0.920 bits per heavy atom. The molecular formula is C23H28N2. The molecule has 0 fully saturated rings. The van der Waals surface area contributed by atoms with Crippen LogP contribution in [-0.4, -0.2) is 13.3 Å². The van der Waals surface area contributed by atoms with E-state index in [0.717, 1.165) is 5.57 Å². The summed E-state index contributed by atoms with van der Waals surface area (Å²) in [5.41, 5.74) is 7.40. The van der Waals surface area contributed by atoms with Gasteiger partial charge in [-0.1, -0.05) is 76.2 Å². The van der Waals surface area contributed by atoms with Crippen LogP contribution in [0.1, 0.15) is 44.4 Å². The third-order valence-corrected chi connectivity index (χ3v) is 6.00. The first-order valence-corrected chi connectivity index (χ1v) is 8.90. The Hall–Kier alpha value is -2.35. The number of allylic oxidation sites excluding steroid dienone is 2. The van der Waals surface area contributed by atoms with Gasteiger partial charge in [0, 0.05) is 41.0 Å². The van der Waals surface area contributed by atoms with Crippen molar-refractivity contribution in [2.45, 2.75) is 40.0 Å². The minimum absolute atomic E-state index is 0.00342. The molecule has 2 aromatic rings. The second kappa shape index (κ2) is 6.18. The highest BCUT2D eigenvalue weighted by molar-refractivity contribution is 6.12. The number of aryl methyl sites for hydroxylation is 1. The molecule has 0 saturated carbocycles. The van der Waals surface area contributed by atoms with Crippen LogP contribution >= 0.6 is 0 Å². The maximum absolute atomic E-state index is 4.36. The number of para-hydroxylation sites is 1. The van der Waals surface area contributed by atoms with E-state index in [2.05, 4.69) is 93.5 Å². The molecule has 0 amide bonds. The zero-order chi connectivity index (χ0) is 18.2. The monoisotopic (exact) mass is 332 g/mol. The molecule has 0 unspecified atom stereocenters. The Balaban J connectivity index is 2.33. The summed E-state index contributed by atoms with van der Waals surface area (Å²) in [6.45, 7) is 11.5. The van der Waals surface area contributed by atoms with E-state index < -0.39 is 0 Å². The summed E-state index contributed by atoms with van der Waals surface area (Å²) in [5.74, 6) is 0. The Labute approximate surface area is 151 Å². The molecule has 1 aliphatic heterocycles. The molecule has 1 N–H and O–H groups in total. The molecule has 2 nitrogen and oxygen atoms in total. The summed E-state index contributed by atoms with van der Waals surface area (Å²) in [6.07, 6.45) is 1.98. The van der Waals surface area contributed by atoms with Gasteiger partial charge >= 0.3 is 0 Å². The molecule has 0 aromatic heterocycles. The molecule has 2 heteroatoms. The van der Waals surface area contributed by atoms with E-state index >= 15 is 0 Å². The Morgan fingerprint density at radius 2 is 1.60 bits per heavy atom. The van der Waals surface area contributed by atoms with E-state index in [4.69, 9.17) is 0 Å². The normalized spacial score (nSPS) is 20.1. The summed E-state index contributed by atoms with van der Waals surface area (Å²) in [4.78, 5) is 4.36. The van der Waals surface area contributed by atoms with Gasteiger partial charge in [-0.05, 0) is 23.6 Å². The maximum Gasteiger partial charge on any atom is 0.0450 e. The lowest BCUT2D eigenvalue weighted by atomic mass is 9.59. The lowest BCUT2D eigenvalue weighted by Crippen LogP contribution is -2.45. The van der Waals surface area contributed by atoms with Crippen LogP contribution in [0.25, 0.3) is 5.57 Å². The highest BCUT2D eigenvalue weighted by Gasteiger charge is 2.47. The van der Waals surface area contributed by atoms with E-state index in [1.165, 1.54) is 28.1 Å². The number of rotatable bonds is 2. The van der Waals surface area contributed by atoms with E-state index in [1.54, 1.807) is 0 Å². The predicted octanol–water partition coefficient (Wildman–Crippen LogP) is 5.84. The highest BCUT2D eigenvalue weighted by Crippen LogP contribution is 2.54. The van der Waals surface area contributed by atoms with Crippen LogP contribution < -0.4 is 5.32 Å². The third-order valence-electron chi connectivity index (χ3n) is 6.00. The van der Waals surface area contributed by atoms with Gasteiger partial charge in [-0.3, -0.25) is 4.99 Å². The molecule has 0 atom stereocenters. The smallest absolute Gasteiger partial charge is 0.0450 e. The summed E-state index contributed by atoms with van der Waals surface area (Å²) in [7, 11) is 1.84. The first-order valence-electron chi connectivity index (χ1n) is 8.90. The quantitative estimate of drug-likeness (QED) is 0.687. The van der Waals surface area contributed by atoms with Gasteiger partial charge in [-0.15, -0.1) is 0 Å². The van der Waals surface area contributed by atoms with Crippen LogP contribution in [0, 0.1) is 12.3 Å². The number of fused-ring (bicyclic) bond motifs is 1. The van der Waals surface area contributed by atoms with Gasteiger partial charge in [0.25, 0.3) is 0 Å². The number of benzene rings is 2. The zero-order valence-corrected chi connectivity index (χ0v) is 16.1. The third kappa shape index (κ3) is 2.70. The Kier molecular flexibility index (Phi) is 4.32. The fraction of sp³-hybridized carbons (Fsp3) is 0.348. The average molecular weight is 332 g/mol. The van der Waals surface area contributed by atoms with Crippen molar-refractivity contribution in [2.75, 3.05) is 12.4 Å². The summed E-state index contributed by atoms with van der Waals surface area (Å²) in [5, 5.41) is 3.78. The second-order valence-corrected chi connectivity index (χ2v) is 7.91. The molecule has 1 heterocycles. The van der Waals surface area contributed by atoms with Crippen molar-refractivity contribution in [1.82, 2.24) is 0 Å². The van der Waals surface area contributed by atoms with Crippen molar-refractivity contribution >= 4 is 17.5 Å². The standard InChI is InChI=1S/C23H28N2/c1-16-11-10-14-19-20(16)25-21(23(4,5)22(19,2)3)18(15-24-6)17-12-8-7-9-13-17/h7-15,25H,1-6H3. The zero-order valence-electron chi connectivity index (χ0n) is 16.1. The Morgan fingerprint density at radius 3 is 2.24 bits per heavy atom. The van der Waals surface area contributed by atoms with Crippen molar-refractivity contribution in [2.24, 2.45) is 10.4 Å². The van der Waals surface area contributed by atoms with Crippen LogP contribution in [0.5, 0.6) is 0 Å². The number of hydrogen-bond acceptors (Lipinski definition) is 2. The van der Waals surface area contributed by atoms with Crippen LogP contribution in [0.15, 0.2) is 59.2 Å². The van der Waals surface area contributed by atoms with Gasteiger partial charge in [0.2, 0.25) is 0 Å². The summed E-state index contributed by atoms with van der Waals surface area (Å²) < 4.78 is 0. The van der Waals surface area contributed by atoms with E-state index in [1.807, 2.05) is 13.3 Å². The van der Waals surface area contributed by atoms with Crippen molar-refractivity contribution in [3.63, 3.8) is 0 Å². The SMILES string of the molecule is CN=CC(=C1Nc2c(C)cccc2C(C)(C)C1(C)C)c1ccccc1. The van der Waals surface area contributed by atoms with Crippen molar-refractivity contribution < 1.29 is 0 Å². The van der Waals surface area contributed by atoms with Gasteiger partial charge in [-0.25, -0.2) is 0 Å². The topological polar surface area (TPSA) is 24.4 Å². The van der Waals surface area contributed by atoms with Crippen LogP contribution in [-0.2, 0) is 5.41 Å². The Bertz CT molecular complexity index is 840. The molecule has 0 aliphatic carbocycles. The first-order chi connectivity index (χ1) is 11.8. The molecule has 0 spiro atoms. The number of aliphatic imine (C=N–C) groups is 1. The van der Waals surface area contributed by atoms with Gasteiger partial charge in [0.1, 0.15) is 0 Å². The highest BCUT2D eigenvalue weighted by atomic mass is 15.0. The second-order valence-electron chi connectivity index (χ2n) is 7.91. The van der Waals surface area contributed by atoms with Crippen LogP contribution in [0.4, 0.5) is 5.69 Å². The molecule has 1 aliphatic rings. The van der Waals surface area contributed by atoms with Crippen molar-refractivity contribution in [3.05, 3.63) is 70.9 Å². The van der Waals surface area contributed by atoms with Crippen LogP contribution in [0.3, 0.4) is 0 Å². The van der Waals surface area contributed by atoms with Crippen molar-refractivity contribution in [3.8, 4) is 0 Å². The number of nitrogens with zero attached hydrogens (tertiary/aromatic N) is 1. The number of anilines is 1. The number of hydrogen-bond donors (Lipinski definition) is 1. The lowest BCUT2D eigenvalue weighted by Gasteiger charge is -2.50. The van der Waals surface area contributed by atoms with Gasteiger partial charge < -0.3 is 5.32 Å². The van der Waals surface area contributed by atoms with E-state index in [0.29, 0.717) is 0 Å². The molecule has 0 radical (unpaired) electrons. The lowest BCUT2D eigenvalue weighted by molar-refractivity contribution is 0.245. The molecular weight excluding hydrogens is 304 g/mol. The fourth-order valence-electron chi connectivity index (χ4n) is 3.72. The fourth-order valence-corrected chi connectivity index (χ4v) is 3.72. The molecule has 3 rings (SSSR count). The molecule has 130 valence electrons. The maximum atomic E-state index is 4.36. The minimum atomic E-state index is -0.0693. The van der Waals surface area contributed by atoms with Crippen molar-refractivity contribution in [1.29, 1.82) is 0 Å². The molecule has 25 heavy (non-hydrogen) atoms. The van der Waals surface area contributed by atoms with Gasteiger partial charge in [-0.2, -0.15) is 0 Å². The number of nitrogens with one attached hydrogen (secondary N) is 1. The summed E-state index contributed by atoms with van der Waals surface area (Å²) >= 11 is 0. The first kappa shape index (κ1) is 17.5. The van der Waals surface area contributed by atoms with Crippen LogP contribution in [0.2, 0.25) is 0 Å². The van der Waals surface area contributed by atoms with E-state index in [-0.39, 0.29) is 10.8 Å². The molecule has 2 aromatic carbocycles. The summed E-state index contributed by atoms with van der Waals surface area (Å²) in [6, 6.07) is 17.1. The van der Waals surface area contributed by atoms with Gasteiger partial charge in [0.15, 0.2) is 0 Å². The van der Waals surface area contributed by atoms with Gasteiger partial charge in [0.05, 0.1) is 0 Å². The largest absolute Gasteiger partial charge is 0.357 e. The molecule has 0 saturated heterocycles. The predicted molar refractivity (Wildman–Crippen MR) is 109 cm³/mol. The average Bonchev–Trinajstić information content (AvgIpc) is 2.58. The molecule has 0 bridgehead atoms. The minimum Gasteiger partial charge on any atom is -0.357 e.